The maximum absolute atomic E-state index is 12.0. The highest BCUT2D eigenvalue weighted by atomic mass is 16.7. The molecule has 0 saturated heterocycles. The van der Waals surface area contributed by atoms with Gasteiger partial charge in [0, 0.05) is 6.54 Å². The van der Waals surface area contributed by atoms with E-state index in [0.717, 1.165) is 33.8 Å². The van der Waals surface area contributed by atoms with Gasteiger partial charge >= 0.3 is 0 Å². The third-order valence-electron chi connectivity index (χ3n) is 4.15. The van der Waals surface area contributed by atoms with E-state index in [0.29, 0.717) is 12.3 Å². The molecule has 0 spiro atoms. The lowest BCUT2D eigenvalue weighted by Crippen LogP contribution is -2.28. The van der Waals surface area contributed by atoms with Crippen LogP contribution in [-0.2, 0) is 11.3 Å². The number of aryl methyl sites for hydroxylation is 2. The van der Waals surface area contributed by atoms with E-state index in [-0.39, 0.29) is 19.3 Å². The standard InChI is InChI=1S/C19H21NO4/c1-12-4-5-13(2)19(14(12)3)22-10-18(21)20-9-15-6-7-16-17(8-15)24-11-23-16/h4-8H,9-11H2,1-3H3,(H,20,21). The van der Waals surface area contributed by atoms with Crippen LogP contribution in [0.15, 0.2) is 30.3 Å². The summed E-state index contributed by atoms with van der Waals surface area (Å²) < 4.78 is 16.3. The topological polar surface area (TPSA) is 56.8 Å². The first-order valence-electron chi connectivity index (χ1n) is 7.89. The number of hydrogen-bond donors (Lipinski definition) is 1. The second-order valence-corrected chi connectivity index (χ2v) is 5.91. The van der Waals surface area contributed by atoms with Crippen LogP contribution in [0.3, 0.4) is 0 Å². The lowest BCUT2D eigenvalue weighted by molar-refractivity contribution is -0.123. The maximum atomic E-state index is 12.0. The van der Waals surface area contributed by atoms with E-state index in [1.54, 1.807) is 0 Å². The van der Waals surface area contributed by atoms with Crippen LogP contribution in [0.5, 0.6) is 17.2 Å². The molecule has 1 aliphatic rings. The van der Waals surface area contributed by atoms with Crippen molar-refractivity contribution in [2.24, 2.45) is 0 Å². The van der Waals surface area contributed by atoms with Gasteiger partial charge in [0.05, 0.1) is 0 Å². The Bertz CT molecular complexity index is 770. The molecule has 5 heteroatoms. The third kappa shape index (κ3) is 3.45. The number of fused-ring (bicyclic) bond motifs is 1. The van der Waals surface area contributed by atoms with E-state index in [1.807, 2.05) is 45.0 Å². The van der Waals surface area contributed by atoms with Gasteiger partial charge in [0.25, 0.3) is 5.91 Å². The van der Waals surface area contributed by atoms with Crippen molar-refractivity contribution < 1.29 is 19.0 Å². The van der Waals surface area contributed by atoms with Crippen LogP contribution in [0, 0.1) is 20.8 Å². The van der Waals surface area contributed by atoms with Crippen LogP contribution in [0.2, 0.25) is 0 Å². The Kier molecular flexibility index (Phi) is 4.60. The zero-order chi connectivity index (χ0) is 17.1. The Hall–Kier alpha value is -2.69. The zero-order valence-electron chi connectivity index (χ0n) is 14.1. The number of benzene rings is 2. The van der Waals surface area contributed by atoms with Crippen LogP contribution in [0.1, 0.15) is 22.3 Å². The van der Waals surface area contributed by atoms with Crippen molar-refractivity contribution in [2.75, 3.05) is 13.4 Å². The van der Waals surface area contributed by atoms with E-state index in [9.17, 15) is 4.79 Å². The van der Waals surface area contributed by atoms with Crippen molar-refractivity contribution >= 4 is 5.91 Å². The number of ether oxygens (including phenoxy) is 3. The van der Waals surface area contributed by atoms with Gasteiger partial charge in [-0.3, -0.25) is 4.79 Å². The van der Waals surface area contributed by atoms with Crippen LogP contribution in [-0.4, -0.2) is 19.3 Å². The van der Waals surface area contributed by atoms with E-state index < -0.39 is 0 Å². The summed E-state index contributed by atoms with van der Waals surface area (Å²) in [7, 11) is 0. The highest BCUT2D eigenvalue weighted by Crippen LogP contribution is 2.32. The molecular weight excluding hydrogens is 306 g/mol. The molecule has 126 valence electrons. The van der Waals surface area contributed by atoms with Crippen molar-refractivity contribution in [2.45, 2.75) is 27.3 Å². The monoisotopic (exact) mass is 327 g/mol. The Morgan fingerprint density at radius 2 is 1.83 bits per heavy atom. The van der Waals surface area contributed by atoms with Crippen LogP contribution < -0.4 is 19.5 Å². The van der Waals surface area contributed by atoms with Gasteiger partial charge in [0.2, 0.25) is 6.79 Å². The fraction of sp³-hybridized carbons (Fsp3) is 0.316. The summed E-state index contributed by atoms with van der Waals surface area (Å²) in [6.45, 7) is 6.67. The van der Waals surface area contributed by atoms with E-state index in [4.69, 9.17) is 14.2 Å². The molecule has 0 unspecified atom stereocenters. The quantitative estimate of drug-likeness (QED) is 0.917. The van der Waals surface area contributed by atoms with E-state index >= 15 is 0 Å². The smallest absolute Gasteiger partial charge is 0.258 e. The van der Waals surface area contributed by atoms with Crippen molar-refractivity contribution in [3.8, 4) is 17.2 Å². The molecule has 0 bridgehead atoms. The van der Waals surface area contributed by atoms with E-state index in [1.165, 1.54) is 0 Å². The minimum Gasteiger partial charge on any atom is -0.483 e. The SMILES string of the molecule is Cc1ccc(C)c(OCC(=O)NCc2ccc3c(c2)OCO3)c1C. The maximum Gasteiger partial charge on any atom is 0.258 e. The predicted octanol–water partition coefficient (Wildman–Crippen LogP) is 3.04. The fourth-order valence-electron chi connectivity index (χ4n) is 2.59. The molecule has 2 aromatic carbocycles. The summed E-state index contributed by atoms with van der Waals surface area (Å²) in [6, 6.07) is 9.68. The number of carbonyl (C=O) groups excluding carboxylic acids is 1. The molecule has 2 aromatic rings. The molecule has 0 atom stereocenters. The van der Waals surface area contributed by atoms with Gasteiger partial charge in [-0.15, -0.1) is 0 Å². The minimum absolute atomic E-state index is 0.00428. The highest BCUT2D eigenvalue weighted by Gasteiger charge is 2.14. The molecule has 1 aliphatic heterocycles. The van der Waals surface area contributed by atoms with Gasteiger partial charge in [0.15, 0.2) is 18.1 Å². The number of amides is 1. The molecule has 1 N–H and O–H groups in total. The lowest BCUT2D eigenvalue weighted by atomic mass is 10.1. The van der Waals surface area contributed by atoms with Crippen molar-refractivity contribution in [3.05, 3.63) is 52.6 Å². The Morgan fingerprint density at radius 3 is 2.67 bits per heavy atom. The summed E-state index contributed by atoms with van der Waals surface area (Å²) in [5, 5.41) is 2.85. The predicted molar refractivity (Wildman–Crippen MR) is 90.6 cm³/mol. The molecule has 5 nitrogen and oxygen atoms in total. The van der Waals surface area contributed by atoms with Crippen LogP contribution >= 0.6 is 0 Å². The molecule has 1 amide bonds. The van der Waals surface area contributed by atoms with E-state index in [2.05, 4.69) is 11.4 Å². The summed E-state index contributed by atoms with van der Waals surface area (Å²) in [4.78, 5) is 12.0. The molecule has 1 heterocycles. The van der Waals surface area contributed by atoms with Crippen LogP contribution in [0.4, 0.5) is 0 Å². The molecule has 24 heavy (non-hydrogen) atoms. The first kappa shape index (κ1) is 16.2. The molecule has 0 radical (unpaired) electrons. The summed E-state index contributed by atoms with van der Waals surface area (Å²) in [6.07, 6.45) is 0. The molecule has 0 saturated carbocycles. The Morgan fingerprint density at radius 1 is 1.08 bits per heavy atom. The Labute approximate surface area is 141 Å². The number of nitrogens with one attached hydrogen (secondary N) is 1. The summed E-state index contributed by atoms with van der Waals surface area (Å²) in [5.41, 5.74) is 4.20. The van der Waals surface area contributed by atoms with Gasteiger partial charge in [0.1, 0.15) is 5.75 Å². The van der Waals surface area contributed by atoms with Gasteiger partial charge in [-0.1, -0.05) is 18.2 Å². The highest BCUT2D eigenvalue weighted by molar-refractivity contribution is 5.77. The largest absolute Gasteiger partial charge is 0.483 e. The van der Waals surface area contributed by atoms with Gasteiger partial charge in [-0.2, -0.15) is 0 Å². The number of rotatable bonds is 5. The summed E-state index contributed by atoms with van der Waals surface area (Å²) in [5.74, 6) is 2.07. The summed E-state index contributed by atoms with van der Waals surface area (Å²) >= 11 is 0. The minimum atomic E-state index is -0.159. The molecular formula is C19H21NO4. The second-order valence-electron chi connectivity index (χ2n) is 5.91. The van der Waals surface area contributed by atoms with Crippen LogP contribution in [0.25, 0.3) is 0 Å². The molecule has 3 rings (SSSR count). The fourth-order valence-corrected chi connectivity index (χ4v) is 2.59. The van der Waals surface area contributed by atoms with Crippen molar-refractivity contribution in [1.29, 1.82) is 0 Å². The van der Waals surface area contributed by atoms with Gasteiger partial charge < -0.3 is 19.5 Å². The first-order chi connectivity index (χ1) is 11.5. The number of hydrogen-bond acceptors (Lipinski definition) is 4. The van der Waals surface area contributed by atoms with Gasteiger partial charge in [-0.05, 0) is 55.2 Å². The lowest BCUT2D eigenvalue weighted by Gasteiger charge is -2.14. The van der Waals surface area contributed by atoms with Gasteiger partial charge in [-0.25, -0.2) is 0 Å². The zero-order valence-corrected chi connectivity index (χ0v) is 14.1. The molecule has 0 fully saturated rings. The Balaban J connectivity index is 1.54. The average Bonchev–Trinajstić information content (AvgIpc) is 3.04. The third-order valence-corrected chi connectivity index (χ3v) is 4.15. The normalized spacial score (nSPS) is 12.1. The molecule has 0 aromatic heterocycles. The number of carbonyl (C=O) groups is 1. The first-order valence-corrected chi connectivity index (χ1v) is 7.89. The van der Waals surface area contributed by atoms with Crippen molar-refractivity contribution in [1.82, 2.24) is 5.32 Å². The average molecular weight is 327 g/mol. The molecule has 0 aliphatic carbocycles. The second kappa shape index (κ2) is 6.83. The van der Waals surface area contributed by atoms with Crippen molar-refractivity contribution in [3.63, 3.8) is 0 Å².